The normalized spacial score (nSPS) is 10.2. The quantitative estimate of drug-likeness (QED) is 0.644. The molecule has 110 valence electrons. The molecule has 8 heteroatoms. The van der Waals surface area contributed by atoms with Crippen LogP contribution in [0.15, 0.2) is 34.8 Å². The second kappa shape index (κ2) is 6.49. The number of nitrogens with zero attached hydrogens (tertiary/aromatic N) is 2. The summed E-state index contributed by atoms with van der Waals surface area (Å²) in [4.78, 5) is 14.4. The first-order chi connectivity index (χ1) is 9.99. The van der Waals surface area contributed by atoms with Crippen molar-refractivity contribution in [2.24, 2.45) is 0 Å². The third-order valence-electron chi connectivity index (χ3n) is 2.46. The molecule has 0 saturated heterocycles. The summed E-state index contributed by atoms with van der Waals surface area (Å²) < 4.78 is 19.6. The summed E-state index contributed by atoms with van der Waals surface area (Å²) in [5, 5.41) is 13.8. The van der Waals surface area contributed by atoms with Crippen LogP contribution < -0.4 is 10.1 Å². The Morgan fingerprint density at radius 3 is 2.86 bits per heavy atom. The smallest absolute Gasteiger partial charge is 0.278 e. The number of halogens is 2. The Morgan fingerprint density at radius 2 is 2.19 bits per heavy atom. The fourth-order valence-corrected chi connectivity index (χ4v) is 1.93. The largest absolute Gasteiger partial charge is 0.436 e. The minimum atomic E-state index is -0.587. The van der Waals surface area contributed by atoms with E-state index in [1.165, 1.54) is 24.3 Å². The van der Waals surface area contributed by atoms with Crippen LogP contribution in [0, 0.1) is 15.9 Å². The van der Waals surface area contributed by atoms with Crippen LogP contribution in [-0.4, -0.2) is 16.5 Å². The number of ether oxygens (including phenoxy) is 1. The Balaban J connectivity index is 2.38. The molecule has 0 spiro atoms. The fourth-order valence-electron chi connectivity index (χ4n) is 1.59. The molecule has 21 heavy (non-hydrogen) atoms. The van der Waals surface area contributed by atoms with Crippen molar-refractivity contribution in [3.05, 3.63) is 50.7 Å². The third-order valence-corrected chi connectivity index (χ3v) is 2.96. The number of hydrogen-bond donors (Lipinski definition) is 1. The lowest BCUT2D eigenvalue weighted by atomic mass is 10.3. The zero-order valence-corrected chi connectivity index (χ0v) is 12.6. The molecule has 2 rings (SSSR count). The predicted molar refractivity (Wildman–Crippen MR) is 79.2 cm³/mol. The first-order valence-corrected chi connectivity index (χ1v) is 6.82. The van der Waals surface area contributed by atoms with Gasteiger partial charge in [-0.05, 0) is 25.1 Å². The van der Waals surface area contributed by atoms with Gasteiger partial charge in [-0.15, -0.1) is 0 Å². The fraction of sp³-hybridized carbons (Fsp3) is 0.154. The molecule has 0 atom stereocenters. The van der Waals surface area contributed by atoms with Crippen LogP contribution in [-0.2, 0) is 0 Å². The lowest BCUT2D eigenvalue weighted by Crippen LogP contribution is -2.02. The molecule has 6 nitrogen and oxygen atoms in total. The van der Waals surface area contributed by atoms with Crippen molar-refractivity contribution < 1.29 is 14.1 Å². The molecular formula is C13H11BrFN3O3. The van der Waals surface area contributed by atoms with E-state index in [1.54, 1.807) is 0 Å². The molecule has 0 aliphatic carbocycles. The molecule has 1 aromatic carbocycles. The van der Waals surface area contributed by atoms with Crippen molar-refractivity contribution >= 4 is 27.4 Å². The van der Waals surface area contributed by atoms with Gasteiger partial charge in [-0.1, -0.05) is 15.9 Å². The van der Waals surface area contributed by atoms with E-state index in [9.17, 15) is 14.5 Å². The number of aromatic nitrogens is 1. The summed E-state index contributed by atoms with van der Waals surface area (Å²) in [6, 6.07) is 6.59. The van der Waals surface area contributed by atoms with E-state index < -0.39 is 10.7 Å². The summed E-state index contributed by atoms with van der Waals surface area (Å²) >= 11 is 3.20. The molecular weight excluding hydrogens is 345 g/mol. The zero-order valence-electron chi connectivity index (χ0n) is 11.0. The van der Waals surface area contributed by atoms with Gasteiger partial charge < -0.3 is 10.1 Å². The van der Waals surface area contributed by atoms with Gasteiger partial charge >= 0.3 is 0 Å². The monoisotopic (exact) mass is 355 g/mol. The van der Waals surface area contributed by atoms with Crippen molar-refractivity contribution in [2.45, 2.75) is 6.92 Å². The second-order valence-electron chi connectivity index (χ2n) is 4.01. The minimum Gasteiger partial charge on any atom is -0.436 e. The molecule has 0 bridgehead atoms. The van der Waals surface area contributed by atoms with Crippen LogP contribution in [0.2, 0.25) is 0 Å². The van der Waals surface area contributed by atoms with E-state index >= 15 is 0 Å². The summed E-state index contributed by atoms with van der Waals surface area (Å²) in [6.07, 6.45) is 0. The predicted octanol–water partition coefficient (Wildman–Crippen LogP) is 4.12. The van der Waals surface area contributed by atoms with Crippen molar-refractivity contribution in [1.29, 1.82) is 0 Å². The number of benzene rings is 1. The average Bonchev–Trinajstić information content (AvgIpc) is 2.43. The molecule has 1 heterocycles. The van der Waals surface area contributed by atoms with Gasteiger partial charge in [-0.25, -0.2) is 4.39 Å². The second-order valence-corrected chi connectivity index (χ2v) is 4.93. The maximum absolute atomic E-state index is 13.6. The Bertz CT molecular complexity index is 682. The van der Waals surface area contributed by atoms with E-state index in [-0.39, 0.29) is 23.1 Å². The zero-order chi connectivity index (χ0) is 15.4. The van der Waals surface area contributed by atoms with E-state index in [1.807, 2.05) is 6.92 Å². The molecule has 0 unspecified atom stereocenters. The van der Waals surface area contributed by atoms with Gasteiger partial charge in [0, 0.05) is 11.0 Å². The van der Waals surface area contributed by atoms with Crippen LogP contribution in [0.25, 0.3) is 0 Å². The van der Waals surface area contributed by atoms with Crippen LogP contribution in [0.5, 0.6) is 11.6 Å². The van der Waals surface area contributed by atoms with Gasteiger partial charge in [0.2, 0.25) is 5.88 Å². The van der Waals surface area contributed by atoms with Gasteiger partial charge in [0.1, 0.15) is 5.82 Å². The van der Waals surface area contributed by atoms with Gasteiger partial charge in [0.05, 0.1) is 17.1 Å². The molecule has 2 aromatic rings. The highest BCUT2D eigenvalue weighted by Crippen LogP contribution is 2.29. The number of nitro groups is 1. The number of rotatable bonds is 5. The maximum atomic E-state index is 13.6. The average molecular weight is 356 g/mol. The highest BCUT2D eigenvalue weighted by Gasteiger charge is 2.14. The van der Waals surface area contributed by atoms with Gasteiger partial charge in [-0.3, -0.25) is 10.1 Å². The molecule has 0 saturated carbocycles. The van der Waals surface area contributed by atoms with Crippen LogP contribution in [0.4, 0.5) is 15.9 Å². The summed E-state index contributed by atoms with van der Waals surface area (Å²) in [7, 11) is 0. The first kappa shape index (κ1) is 15.2. The van der Waals surface area contributed by atoms with Crippen LogP contribution in [0.3, 0.4) is 0 Å². The van der Waals surface area contributed by atoms with Crippen molar-refractivity contribution in [3.63, 3.8) is 0 Å². The summed E-state index contributed by atoms with van der Waals surface area (Å²) in [6.45, 7) is 2.37. The lowest BCUT2D eigenvalue weighted by Gasteiger charge is -2.08. The van der Waals surface area contributed by atoms with Crippen molar-refractivity contribution in [2.75, 3.05) is 11.9 Å². The Hall–Kier alpha value is -2.22. The topological polar surface area (TPSA) is 77.3 Å². The summed E-state index contributed by atoms with van der Waals surface area (Å²) in [5.41, 5.74) is -0.189. The first-order valence-electron chi connectivity index (χ1n) is 6.03. The molecule has 0 aliphatic heterocycles. The summed E-state index contributed by atoms with van der Waals surface area (Å²) in [5.74, 6) is -0.425. The SMILES string of the molecule is CCNc1cc([N+](=O)[O-])cc(Oc2cc(Br)ccc2F)n1. The number of pyridine rings is 1. The van der Waals surface area contributed by atoms with Crippen LogP contribution in [0.1, 0.15) is 6.92 Å². The van der Waals surface area contributed by atoms with Gasteiger partial charge in [0.25, 0.3) is 5.69 Å². The minimum absolute atomic E-state index is 0.0582. The van der Waals surface area contributed by atoms with Gasteiger partial charge in [-0.2, -0.15) is 4.98 Å². The highest BCUT2D eigenvalue weighted by atomic mass is 79.9. The standard InChI is InChI=1S/C13H11BrFN3O3/c1-2-16-12-6-9(18(19)20)7-13(17-12)21-11-5-8(14)3-4-10(11)15/h3-7H,2H2,1H3,(H,16,17). The van der Waals surface area contributed by atoms with E-state index in [4.69, 9.17) is 4.74 Å². The Kier molecular flexibility index (Phi) is 4.69. The Labute approximate surface area is 128 Å². The highest BCUT2D eigenvalue weighted by molar-refractivity contribution is 9.10. The number of anilines is 1. The molecule has 0 fully saturated rings. The number of nitrogens with one attached hydrogen (secondary N) is 1. The molecule has 0 radical (unpaired) electrons. The van der Waals surface area contributed by atoms with E-state index in [2.05, 4.69) is 26.2 Å². The maximum Gasteiger partial charge on any atom is 0.278 e. The van der Waals surface area contributed by atoms with E-state index in [0.717, 1.165) is 6.07 Å². The molecule has 0 aliphatic rings. The van der Waals surface area contributed by atoms with Crippen molar-refractivity contribution in [3.8, 4) is 11.6 Å². The van der Waals surface area contributed by atoms with Gasteiger partial charge in [0.15, 0.2) is 11.6 Å². The van der Waals surface area contributed by atoms with Crippen molar-refractivity contribution in [1.82, 2.24) is 4.98 Å². The molecule has 0 amide bonds. The third kappa shape index (κ3) is 3.88. The molecule has 1 aromatic heterocycles. The number of hydrogen-bond acceptors (Lipinski definition) is 5. The van der Waals surface area contributed by atoms with Crippen LogP contribution >= 0.6 is 15.9 Å². The Morgan fingerprint density at radius 1 is 1.43 bits per heavy atom. The lowest BCUT2D eigenvalue weighted by molar-refractivity contribution is -0.384. The van der Waals surface area contributed by atoms with E-state index in [0.29, 0.717) is 11.0 Å². The molecule has 1 N–H and O–H groups in total.